The number of amides is 1. The van der Waals surface area contributed by atoms with Crippen molar-refractivity contribution in [2.75, 3.05) is 0 Å². The van der Waals surface area contributed by atoms with Gasteiger partial charge in [-0.1, -0.05) is 41.9 Å². The average Bonchev–Trinajstić information content (AvgIpc) is 2.45. The van der Waals surface area contributed by atoms with E-state index in [1.165, 1.54) is 18.5 Å². The van der Waals surface area contributed by atoms with Crippen LogP contribution in [0.15, 0.2) is 48.8 Å². The van der Waals surface area contributed by atoms with Gasteiger partial charge in [-0.2, -0.15) is 0 Å². The third-order valence-corrected chi connectivity index (χ3v) is 2.97. The first kappa shape index (κ1) is 14.0. The lowest BCUT2D eigenvalue weighted by Gasteiger charge is -2.15. The van der Waals surface area contributed by atoms with Gasteiger partial charge >= 0.3 is 5.97 Å². The highest BCUT2D eigenvalue weighted by molar-refractivity contribution is 6.33. The van der Waals surface area contributed by atoms with Gasteiger partial charge in [0, 0.05) is 12.4 Å². The van der Waals surface area contributed by atoms with Gasteiger partial charge in [0.15, 0.2) is 6.04 Å². The van der Waals surface area contributed by atoms with E-state index in [2.05, 4.69) is 10.3 Å². The summed E-state index contributed by atoms with van der Waals surface area (Å²) in [6.07, 6.45) is 2.74. The standard InChI is InChI=1S/C14H11ClN2O3/c15-11-8-16-7-6-10(11)13(18)17-12(14(19)20)9-4-2-1-3-5-9/h1-8,12H,(H,17,18)(H,19,20)/t12-/m1/s1. The van der Waals surface area contributed by atoms with Crippen LogP contribution in [-0.2, 0) is 4.79 Å². The molecule has 6 heteroatoms. The van der Waals surface area contributed by atoms with Crippen molar-refractivity contribution in [3.63, 3.8) is 0 Å². The van der Waals surface area contributed by atoms with Gasteiger partial charge in [-0.25, -0.2) is 4.79 Å². The van der Waals surface area contributed by atoms with Crippen molar-refractivity contribution in [2.24, 2.45) is 0 Å². The molecule has 5 nitrogen and oxygen atoms in total. The Kier molecular flexibility index (Phi) is 4.32. The van der Waals surface area contributed by atoms with Crippen LogP contribution >= 0.6 is 11.6 Å². The molecule has 2 N–H and O–H groups in total. The van der Waals surface area contributed by atoms with Crippen molar-refractivity contribution in [1.82, 2.24) is 10.3 Å². The first-order valence-corrected chi connectivity index (χ1v) is 6.15. The zero-order valence-electron chi connectivity index (χ0n) is 10.3. The van der Waals surface area contributed by atoms with Crippen molar-refractivity contribution >= 4 is 23.5 Å². The van der Waals surface area contributed by atoms with Gasteiger partial charge in [-0.15, -0.1) is 0 Å². The average molecular weight is 291 g/mol. The molecule has 0 saturated carbocycles. The molecule has 0 radical (unpaired) electrons. The molecule has 0 saturated heterocycles. The van der Waals surface area contributed by atoms with Crippen LogP contribution in [0.4, 0.5) is 0 Å². The summed E-state index contributed by atoms with van der Waals surface area (Å²) in [5.74, 6) is -1.71. The normalized spacial score (nSPS) is 11.7. The van der Waals surface area contributed by atoms with E-state index in [0.717, 1.165) is 0 Å². The SMILES string of the molecule is O=C(N[C@@H](C(=O)O)c1ccccc1)c1ccncc1Cl. The van der Waals surface area contributed by atoms with E-state index in [1.807, 2.05) is 0 Å². The smallest absolute Gasteiger partial charge is 0.330 e. The minimum Gasteiger partial charge on any atom is -0.479 e. The summed E-state index contributed by atoms with van der Waals surface area (Å²) in [7, 11) is 0. The summed E-state index contributed by atoms with van der Waals surface area (Å²) < 4.78 is 0. The molecule has 102 valence electrons. The second-order valence-corrected chi connectivity index (χ2v) is 4.42. The van der Waals surface area contributed by atoms with E-state index in [0.29, 0.717) is 5.56 Å². The molecule has 0 bridgehead atoms. The third kappa shape index (κ3) is 3.13. The molecule has 0 aliphatic heterocycles. The Morgan fingerprint density at radius 3 is 2.50 bits per heavy atom. The molecule has 1 amide bonds. The van der Waals surface area contributed by atoms with Crippen molar-refractivity contribution in [3.8, 4) is 0 Å². The molecular formula is C14H11ClN2O3. The van der Waals surface area contributed by atoms with E-state index in [9.17, 15) is 14.7 Å². The number of nitrogens with one attached hydrogen (secondary N) is 1. The van der Waals surface area contributed by atoms with Crippen LogP contribution in [0.5, 0.6) is 0 Å². The van der Waals surface area contributed by atoms with E-state index in [1.54, 1.807) is 30.3 Å². The molecule has 1 aromatic carbocycles. The second kappa shape index (κ2) is 6.16. The largest absolute Gasteiger partial charge is 0.479 e. The van der Waals surface area contributed by atoms with Crippen LogP contribution in [0.2, 0.25) is 5.02 Å². The highest BCUT2D eigenvalue weighted by Crippen LogP contribution is 2.17. The molecule has 2 rings (SSSR count). The van der Waals surface area contributed by atoms with Crippen LogP contribution < -0.4 is 5.32 Å². The zero-order chi connectivity index (χ0) is 14.5. The van der Waals surface area contributed by atoms with Gasteiger partial charge < -0.3 is 10.4 Å². The highest BCUT2D eigenvalue weighted by atomic mass is 35.5. The van der Waals surface area contributed by atoms with E-state index in [4.69, 9.17) is 11.6 Å². The summed E-state index contributed by atoms with van der Waals surface area (Å²) in [6, 6.07) is 8.74. The molecule has 1 heterocycles. The topological polar surface area (TPSA) is 79.3 Å². The fourth-order valence-electron chi connectivity index (χ4n) is 1.70. The number of benzene rings is 1. The highest BCUT2D eigenvalue weighted by Gasteiger charge is 2.23. The monoisotopic (exact) mass is 290 g/mol. The van der Waals surface area contributed by atoms with Crippen LogP contribution in [0, 0.1) is 0 Å². The summed E-state index contributed by atoms with van der Waals surface area (Å²) in [5.41, 5.74) is 0.669. The molecule has 0 fully saturated rings. The Morgan fingerprint density at radius 1 is 1.20 bits per heavy atom. The predicted octanol–water partition coefficient (Wildman–Crippen LogP) is 2.29. The van der Waals surface area contributed by atoms with Crippen molar-refractivity contribution in [1.29, 1.82) is 0 Å². The minimum atomic E-state index is -1.14. The number of hydrogen-bond donors (Lipinski definition) is 2. The fraction of sp³-hybridized carbons (Fsp3) is 0.0714. The number of aliphatic carboxylic acids is 1. The number of rotatable bonds is 4. The number of nitrogens with zero attached hydrogens (tertiary/aromatic N) is 1. The van der Waals surface area contributed by atoms with Gasteiger partial charge in [0.1, 0.15) is 0 Å². The maximum absolute atomic E-state index is 12.1. The number of pyridine rings is 1. The van der Waals surface area contributed by atoms with Gasteiger partial charge in [0.2, 0.25) is 0 Å². The van der Waals surface area contributed by atoms with Crippen LogP contribution in [-0.4, -0.2) is 22.0 Å². The lowest BCUT2D eigenvalue weighted by molar-refractivity contribution is -0.139. The Bertz CT molecular complexity index is 631. The lowest BCUT2D eigenvalue weighted by Crippen LogP contribution is -2.33. The van der Waals surface area contributed by atoms with Crippen molar-refractivity contribution in [2.45, 2.75) is 6.04 Å². The van der Waals surface area contributed by atoms with Gasteiger partial charge in [-0.3, -0.25) is 9.78 Å². The van der Waals surface area contributed by atoms with E-state index in [-0.39, 0.29) is 10.6 Å². The molecule has 0 aliphatic rings. The molecular weight excluding hydrogens is 280 g/mol. The first-order valence-electron chi connectivity index (χ1n) is 5.77. The van der Waals surface area contributed by atoms with Gasteiger partial charge in [0.05, 0.1) is 10.6 Å². The Labute approximate surface area is 120 Å². The third-order valence-electron chi connectivity index (χ3n) is 2.67. The van der Waals surface area contributed by atoms with Crippen molar-refractivity contribution < 1.29 is 14.7 Å². The Morgan fingerprint density at radius 2 is 1.90 bits per heavy atom. The summed E-state index contributed by atoms with van der Waals surface area (Å²) in [4.78, 5) is 27.1. The molecule has 2 aromatic rings. The van der Waals surface area contributed by atoms with Crippen LogP contribution in [0.3, 0.4) is 0 Å². The maximum atomic E-state index is 12.1. The number of hydrogen-bond acceptors (Lipinski definition) is 3. The summed E-state index contributed by atoms with van der Waals surface area (Å²) in [5, 5.41) is 11.8. The first-order chi connectivity index (χ1) is 9.59. The zero-order valence-corrected chi connectivity index (χ0v) is 11.0. The molecule has 0 spiro atoms. The van der Waals surface area contributed by atoms with E-state index >= 15 is 0 Å². The Balaban J connectivity index is 2.24. The summed E-state index contributed by atoms with van der Waals surface area (Å²) in [6.45, 7) is 0. The quantitative estimate of drug-likeness (QED) is 0.905. The lowest BCUT2D eigenvalue weighted by atomic mass is 10.1. The minimum absolute atomic E-state index is 0.169. The number of carbonyl (C=O) groups is 2. The predicted molar refractivity (Wildman–Crippen MR) is 73.5 cm³/mol. The maximum Gasteiger partial charge on any atom is 0.330 e. The van der Waals surface area contributed by atoms with Crippen LogP contribution in [0.25, 0.3) is 0 Å². The number of aromatic nitrogens is 1. The number of halogens is 1. The molecule has 0 unspecified atom stereocenters. The van der Waals surface area contributed by atoms with Crippen molar-refractivity contribution in [3.05, 3.63) is 64.9 Å². The molecule has 20 heavy (non-hydrogen) atoms. The molecule has 1 aromatic heterocycles. The molecule has 0 aliphatic carbocycles. The van der Waals surface area contributed by atoms with Gasteiger partial charge in [-0.05, 0) is 11.6 Å². The molecule has 1 atom stereocenters. The number of carboxylic acid groups (broad SMARTS) is 1. The van der Waals surface area contributed by atoms with Crippen LogP contribution in [0.1, 0.15) is 22.0 Å². The number of carbonyl (C=O) groups excluding carboxylic acids is 1. The number of carboxylic acids is 1. The van der Waals surface area contributed by atoms with E-state index < -0.39 is 17.9 Å². The van der Waals surface area contributed by atoms with Gasteiger partial charge in [0.25, 0.3) is 5.91 Å². The summed E-state index contributed by atoms with van der Waals surface area (Å²) >= 11 is 5.86. The fourth-order valence-corrected chi connectivity index (χ4v) is 1.91. The second-order valence-electron chi connectivity index (χ2n) is 4.01. The Hall–Kier alpha value is -2.40.